The molecule has 5 heteroatoms. The second-order valence-corrected chi connectivity index (χ2v) is 5.44. The third kappa shape index (κ3) is 2.40. The molecule has 0 radical (unpaired) electrons. The first kappa shape index (κ1) is 12.7. The van der Waals surface area contributed by atoms with Crippen LogP contribution in [0.2, 0.25) is 10.3 Å². The molecular formula is C14H13Cl2N3. The average Bonchev–Trinajstić information content (AvgIpc) is 2.40. The highest BCUT2D eigenvalue weighted by Gasteiger charge is 2.21. The van der Waals surface area contributed by atoms with E-state index >= 15 is 0 Å². The number of hydrogen-bond acceptors (Lipinski definition) is 3. The van der Waals surface area contributed by atoms with Gasteiger partial charge in [0.15, 0.2) is 5.82 Å². The number of halogens is 2. The van der Waals surface area contributed by atoms with E-state index in [2.05, 4.69) is 40.0 Å². The highest BCUT2D eigenvalue weighted by atomic mass is 35.5. The Morgan fingerprint density at radius 1 is 1.26 bits per heavy atom. The molecule has 0 aliphatic carbocycles. The van der Waals surface area contributed by atoms with Crippen LogP contribution in [0.25, 0.3) is 0 Å². The number of anilines is 2. The van der Waals surface area contributed by atoms with Gasteiger partial charge in [-0.25, -0.2) is 4.98 Å². The first-order chi connectivity index (χ1) is 9.15. The molecule has 98 valence electrons. The van der Waals surface area contributed by atoms with E-state index in [0.29, 0.717) is 10.8 Å². The fraction of sp³-hybridized carbons (Fsp3) is 0.286. The van der Waals surface area contributed by atoms with E-state index in [1.54, 1.807) is 6.20 Å². The van der Waals surface area contributed by atoms with E-state index in [1.807, 2.05) is 0 Å². The maximum Gasteiger partial charge on any atom is 0.224 e. The van der Waals surface area contributed by atoms with E-state index in [-0.39, 0.29) is 5.28 Å². The summed E-state index contributed by atoms with van der Waals surface area (Å²) >= 11 is 12.1. The van der Waals surface area contributed by atoms with Crippen LogP contribution in [0.5, 0.6) is 0 Å². The van der Waals surface area contributed by atoms with Crippen LogP contribution in [0.1, 0.15) is 17.5 Å². The minimum absolute atomic E-state index is 0.221. The van der Waals surface area contributed by atoms with Crippen LogP contribution in [0.15, 0.2) is 24.4 Å². The van der Waals surface area contributed by atoms with E-state index in [1.165, 1.54) is 11.1 Å². The van der Waals surface area contributed by atoms with Gasteiger partial charge in [-0.05, 0) is 43.0 Å². The standard InChI is InChI=1S/C14H13Cl2N3/c1-9-4-5-12-10(7-9)3-2-6-19(12)13-11(15)8-17-14(16)18-13/h4-5,7-8H,2-3,6H2,1H3. The molecule has 1 aromatic carbocycles. The Balaban J connectivity index is 2.11. The van der Waals surface area contributed by atoms with Crippen LogP contribution in [-0.2, 0) is 6.42 Å². The van der Waals surface area contributed by atoms with Crippen LogP contribution < -0.4 is 4.90 Å². The molecule has 0 fully saturated rings. The zero-order chi connectivity index (χ0) is 13.4. The summed E-state index contributed by atoms with van der Waals surface area (Å²) in [7, 11) is 0. The predicted octanol–water partition coefficient (Wildman–Crippen LogP) is 4.18. The minimum Gasteiger partial charge on any atom is -0.325 e. The van der Waals surface area contributed by atoms with Crippen molar-refractivity contribution in [3.05, 3.63) is 45.8 Å². The van der Waals surface area contributed by atoms with Crippen LogP contribution in [0.3, 0.4) is 0 Å². The van der Waals surface area contributed by atoms with Crippen molar-refractivity contribution in [1.29, 1.82) is 0 Å². The zero-order valence-electron chi connectivity index (χ0n) is 10.5. The Morgan fingerprint density at radius 2 is 2.11 bits per heavy atom. The van der Waals surface area contributed by atoms with Gasteiger partial charge in [0.25, 0.3) is 0 Å². The van der Waals surface area contributed by atoms with Crippen LogP contribution in [-0.4, -0.2) is 16.5 Å². The molecule has 1 aliphatic heterocycles. The quantitative estimate of drug-likeness (QED) is 0.739. The van der Waals surface area contributed by atoms with Gasteiger partial charge in [0.1, 0.15) is 5.02 Å². The molecule has 1 aromatic heterocycles. The van der Waals surface area contributed by atoms with Crippen molar-refractivity contribution >= 4 is 34.7 Å². The molecule has 0 amide bonds. The van der Waals surface area contributed by atoms with Gasteiger partial charge in [-0.3, -0.25) is 0 Å². The van der Waals surface area contributed by atoms with Crippen molar-refractivity contribution in [2.24, 2.45) is 0 Å². The molecule has 19 heavy (non-hydrogen) atoms. The van der Waals surface area contributed by atoms with Gasteiger partial charge in [-0.15, -0.1) is 0 Å². The van der Waals surface area contributed by atoms with E-state index in [4.69, 9.17) is 23.2 Å². The molecule has 2 heterocycles. The van der Waals surface area contributed by atoms with Crippen molar-refractivity contribution in [2.45, 2.75) is 19.8 Å². The van der Waals surface area contributed by atoms with Gasteiger partial charge in [0.05, 0.1) is 6.20 Å². The van der Waals surface area contributed by atoms with Gasteiger partial charge >= 0.3 is 0 Å². The lowest BCUT2D eigenvalue weighted by Crippen LogP contribution is -2.25. The molecule has 1 aliphatic rings. The summed E-state index contributed by atoms with van der Waals surface area (Å²) < 4.78 is 0. The number of aromatic nitrogens is 2. The summed E-state index contributed by atoms with van der Waals surface area (Å²) in [6.45, 7) is 3.00. The molecule has 0 bridgehead atoms. The van der Waals surface area contributed by atoms with Gasteiger partial charge < -0.3 is 4.90 Å². The maximum atomic E-state index is 6.20. The molecule has 0 saturated heterocycles. The Bertz CT molecular complexity index is 628. The summed E-state index contributed by atoms with van der Waals surface area (Å²) in [5, 5.41) is 0.747. The van der Waals surface area contributed by atoms with E-state index in [9.17, 15) is 0 Å². The SMILES string of the molecule is Cc1ccc2c(c1)CCCN2c1nc(Cl)ncc1Cl. The van der Waals surface area contributed by atoms with E-state index in [0.717, 1.165) is 25.1 Å². The van der Waals surface area contributed by atoms with Crippen LogP contribution in [0, 0.1) is 6.92 Å². The van der Waals surface area contributed by atoms with Crippen molar-refractivity contribution in [3.8, 4) is 0 Å². The molecule has 3 nitrogen and oxygen atoms in total. The Kier molecular flexibility index (Phi) is 3.33. The highest BCUT2D eigenvalue weighted by molar-refractivity contribution is 6.33. The van der Waals surface area contributed by atoms with Crippen molar-refractivity contribution in [3.63, 3.8) is 0 Å². The maximum absolute atomic E-state index is 6.20. The number of rotatable bonds is 1. The summed E-state index contributed by atoms with van der Waals surface area (Å²) in [5.74, 6) is 0.687. The normalized spacial score (nSPS) is 14.4. The van der Waals surface area contributed by atoms with Gasteiger partial charge in [-0.1, -0.05) is 29.3 Å². The highest BCUT2D eigenvalue weighted by Crippen LogP contribution is 2.36. The largest absolute Gasteiger partial charge is 0.325 e. The molecule has 0 saturated carbocycles. The summed E-state index contributed by atoms with van der Waals surface area (Å²) in [6, 6.07) is 6.45. The second kappa shape index (κ2) is 4.99. The molecule has 2 aromatic rings. The average molecular weight is 294 g/mol. The summed E-state index contributed by atoms with van der Waals surface area (Å²) in [4.78, 5) is 10.3. The van der Waals surface area contributed by atoms with Gasteiger partial charge in [0.2, 0.25) is 5.28 Å². The lowest BCUT2D eigenvalue weighted by Gasteiger charge is -2.31. The lowest BCUT2D eigenvalue weighted by atomic mass is 9.99. The number of fused-ring (bicyclic) bond motifs is 1. The number of aryl methyl sites for hydroxylation is 2. The lowest BCUT2D eigenvalue weighted by molar-refractivity contribution is 0.758. The van der Waals surface area contributed by atoms with E-state index < -0.39 is 0 Å². The number of benzene rings is 1. The molecular weight excluding hydrogens is 281 g/mol. The number of hydrogen-bond donors (Lipinski definition) is 0. The molecule has 0 spiro atoms. The topological polar surface area (TPSA) is 29.0 Å². The fourth-order valence-corrected chi connectivity index (χ4v) is 2.79. The molecule has 3 rings (SSSR count). The Hall–Kier alpha value is -1.32. The summed E-state index contributed by atoms with van der Waals surface area (Å²) in [6.07, 6.45) is 3.72. The fourth-order valence-electron chi connectivity index (χ4n) is 2.47. The second-order valence-electron chi connectivity index (χ2n) is 4.70. The first-order valence-corrected chi connectivity index (χ1v) is 6.96. The Morgan fingerprint density at radius 3 is 2.95 bits per heavy atom. The van der Waals surface area contributed by atoms with Crippen LogP contribution in [0.4, 0.5) is 11.5 Å². The first-order valence-electron chi connectivity index (χ1n) is 6.20. The third-order valence-electron chi connectivity index (χ3n) is 3.31. The van der Waals surface area contributed by atoms with Crippen molar-refractivity contribution in [2.75, 3.05) is 11.4 Å². The molecule has 0 atom stereocenters. The van der Waals surface area contributed by atoms with Gasteiger partial charge in [0, 0.05) is 12.2 Å². The van der Waals surface area contributed by atoms with Crippen molar-refractivity contribution in [1.82, 2.24) is 9.97 Å². The monoisotopic (exact) mass is 293 g/mol. The smallest absolute Gasteiger partial charge is 0.224 e. The van der Waals surface area contributed by atoms with Crippen LogP contribution >= 0.6 is 23.2 Å². The minimum atomic E-state index is 0.221. The number of nitrogens with zero attached hydrogens (tertiary/aromatic N) is 3. The molecule has 0 unspecified atom stereocenters. The van der Waals surface area contributed by atoms with Crippen molar-refractivity contribution < 1.29 is 0 Å². The zero-order valence-corrected chi connectivity index (χ0v) is 12.0. The predicted molar refractivity (Wildman–Crippen MR) is 78.6 cm³/mol. The summed E-state index contributed by atoms with van der Waals surface area (Å²) in [5.41, 5.74) is 3.76. The molecule has 0 N–H and O–H groups in total. The van der Waals surface area contributed by atoms with Gasteiger partial charge in [-0.2, -0.15) is 4.98 Å². The Labute approximate surface area is 122 Å². The third-order valence-corrected chi connectivity index (χ3v) is 3.75.